The van der Waals surface area contributed by atoms with Gasteiger partial charge in [0, 0.05) is 24.2 Å². The standard InChI is InChI=1S/C12H11ClN4O3S/c1-20-11-8(10(14)18)9(16-12(17-11)21(2)19)6-5-15-4-3-7(6)13/h3-5H,1-2H3,(H2,14,18). The van der Waals surface area contributed by atoms with Crippen LogP contribution in [0, 0.1) is 0 Å². The summed E-state index contributed by atoms with van der Waals surface area (Å²) in [6.07, 6.45) is 4.33. The van der Waals surface area contributed by atoms with Crippen molar-refractivity contribution in [2.75, 3.05) is 13.4 Å². The number of carbonyl (C=O) groups is 1. The summed E-state index contributed by atoms with van der Waals surface area (Å²) in [5, 5.41) is 0.327. The third-order valence-corrected chi connectivity index (χ3v) is 3.60. The van der Waals surface area contributed by atoms with E-state index >= 15 is 0 Å². The van der Waals surface area contributed by atoms with Crippen LogP contribution < -0.4 is 10.5 Å². The fourth-order valence-corrected chi connectivity index (χ4v) is 2.29. The van der Waals surface area contributed by atoms with Gasteiger partial charge in [0.2, 0.25) is 11.0 Å². The lowest BCUT2D eigenvalue weighted by Gasteiger charge is -2.12. The molecule has 0 aliphatic carbocycles. The highest BCUT2D eigenvalue weighted by Gasteiger charge is 2.23. The van der Waals surface area contributed by atoms with Gasteiger partial charge in [0.1, 0.15) is 5.56 Å². The van der Waals surface area contributed by atoms with Crippen LogP contribution in [0.5, 0.6) is 5.88 Å². The van der Waals surface area contributed by atoms with Crippen molar-refractivity contribution in [1.29, 1.82) is 0 Å². The maximum Gasteiger partial charge on any atom is 0.256 e. The second-order valence-electron chi connectivity index (χ2n) is 3.91. The third kappa shape index (κ3) is 3.01. The van der Waals surface area contributed by atoms with Crippen molar-refractivity contribution in [1.82, 2.24) is 15.0 Å². The Bertz CT molecular complexity index is 738. The van der Waals surface area contributed by atoms with Gasteiger partial charge >= 0.3 is 0 Å². The van der Waals surface area contributed by atoms with Crippen LogP contribution in [-0.2, 0) is 10.8 Å². The zero-order valence-corrected chi connectivity index (χ0v) is 12.7. The summed E-state index contributed by atoms with van der Waals surface area (Å²) in [6, 6.07) is 1.54. The van der Waals surface area contributed by atoms with Crippen molar-refractivity contribution in [3.63, 3.8) is 0 Å². The van der Waals surface area contributed by atoms with E-state index in [1.807, 2.05) is 0 Å². The highest BCUT2D eigenvalue weighted by Crippen LogP contribution is 2.32. The Kier molecular flexibility index (Phi) is 4.49. The molecule has 0 spiro atoms. The van der Waals surface area contributed by atoms with Crippen LogP contribution in [0.3, 0.4) is 0 Å². The number of halogens is 1. The number of aromatic nitrogens is 3. The summed E-state index contributed by atoms with van der Waals surface area (Å²) >= 11 is 6.09. The fourth-order valence-electron chi connectivity index (χ4n) is 1.67. The highest BCUT2D eigenvalue weighted by molar-refractivity contribution is 7.84. The van der Waals surface area contributed by atoms with E-state index in [1.54, 1.807) is 6.07 Å². The normalized spacial score (nSPS) is 12.0. The molecule has 0 saturated heterocycles. The van der Waals surface area contributed by atoms with Gasteiger partial charge < -0.3 is 10.5 Å². The predicted molar refractivity (Wildman–Crippen MR) is 77.7 cm³/mol. The first-order chi connectivity index (χ1) is 9.95. The Morgan fingerprint density at radius 2 is 2.14 bits per heavy atom. The Balaban J connectivity index is 2.84. The molecule has 110 valence electrons. The molecular weight excluding hydrogens is 316 g/mol. The molecule has 2 heterocycles. The van der Waals surface area contributed by atoms with Crippen LogP contribution in [0.1, 0.15) is 10.4 Å². The van der Waals surface area contributed by atoms with Gasteiger partial charge in [0.05, 0.1) is 28.6 Å². The summed E-state index contributed by atoms with van der Waals surface area (Å²) in [6.45, 7) is 0. The quantitative estimate of drug-likeness (QED) is 0.841. The molecule has 2 N–H and O–H groups in total. The molecule has 7 nitrogen and oxygen atoms in total. The average molecular weight is 327 g/mol. The molecule has 2 rings (SSSR count). The predicted octanol–water partition coefficient (Wildman–Crippen LogP) is 1.04. The summed E-state index contributed by atoms with van der Waals surface area (Å²) < 4.78 is 16.7. The van der Waals surface area contributed by atoms with E-state index in [0.29, 0.717) is 10.6 Å². The number of carbonyl (C=O) groups excluding carboxylic acids is 1. The largest absolute Gasteiger partial charge is 0.480 e. The molecule has 1 unspecified atom stereocenters. The Morgan fingerprint density at radius 3 is 2.67 bits per heavy atom. The maximum absolute atomic E-state index is 11.7. The molecule has 0 aliphatic rings. The summed E-state index contributed by atoms with van der Waals surface area (Å²) in [5.41, 5.74) is 5.84. The molecule has 0 bridgehead atoms. The topological polar surface area (TPSA) is 108 Å². The van der Waals surface area contributed by atoms with Crippen LogP contribution in [0.2, 0.25) is 5.02 Å². The molecule has 21 heavy (non-hydrogen) atoms. The average Bonchev–Trinajstić information content (AvgIpc) is 2.46. The Hall–Kier alpha value is -2.06. The summed E-state index contributed by atoms with van der Waals surface area (Å²) in [5.74, 6) is -0.840. The van der Waals surface area contributed by atoms with Crippen molar-refractivity contribution < 1.29 is 13.7 Å². The molecule has 1 atom stereocenters. The number of hydrogen-bond donors (Lipinski definition) is 1. The van der Waals surface area contributed by atoms with Crippen molar-refractivity contribution in [3.8, 4) is 17.1 Å². The first-order valence-corrected chi connectivity index (χ1v) is 7.58. The van der Waals surface area contributed by atoms with Crippen molar-refractivity contribution in [2.24, 2.45) is 5.73 Å². The van der Waals surface area contributed by atoms with Crippen LogP contribution in [0.15, 0.2) is 23.6 Å². The maximum atomic E-state index is 11.7. The van der Waals surface area contributed by atoms with Gasteiger partial charge in [0.15, 0.2) is 0 Å². The molecule has 0 fully saturated rings. The lowest BCUT2D eigenvalue weighted by Crippen LogP contribution is -2.17. The lowest BCUT2D eigenvalue weighted by molar-refractivity contribution is 0.0996. The van der Waals surface area contributed by atoms with E-state index < -0.39 is 16.7 Å². The van der Waals surface area contributed by atoms with Gasteiger partial charge in [-0.2, -0.15) is 4.98 Å². The van der Waals surface area contributed by atoms with Crippen LogP contribution in [-0.4, -0.2) is 38.4 Å². The minimum atomic E-state index is -1.47. The summed E-state index contributed by atoms with van der Waals surface area (Å²) in [7, 11) is -0.146. The van der Waals surface area contributed by atoms with E-state index in [-0.39, 0.29) is 22.3 Å². The number of nitrogens with zero attached hydrogens (tertiary/aromatic N) is 3. The van der Waals surface area contributed by atoms with Crippen LogP contribution >= 0.6 is 11.6 Å². The molecule has 2 aromatic rings. The third-order valence-electron chi connectivity index (χ3n) is 2.58. The van der Waals surface area contributed by atoms with Gasteiger partial charge in [-0.25, -0.2) is 4.98 Å². The van der Waals surface area contributed by atoms with Crippen molar-refractivity contribution in [2.45, 2.75) is 5.16 Å². The number of ether oxygens (including phenoxy) is 1. The molecule has 9 heteroatoms. The van der Waals surface area contributed by atoms with Crippen LogP contribution in [0.4, 0.5) is 0 Å². The molecule has 0 aromatic carbocycles. The van der Waals surface area contributed by atoms with Gasteiger partial charge in [-0.1, -0.05) is 11.6 Å². The smallest absolute Gasteiger partial charge is 0.256 e. The van der Waals surface area contributed by atoms with Crippen molar-refractivity contribution in [3.05, 3.63) is 29.0 Å². The number of rotatable bonds is 4. The van der Waals surface area contributed by atoms with Gasteiger partial charge in [0.25, 0.3) is 5.91 Å². The minimum Gasteiger partial charge on any atom is -0.480 e. The molecule has 0 saturated carbocycles. The Morgan fingerprint density at radius 1 is 1.43 bits per heavy atom. The monoisotopic (exact) mass is 326 g/mol. The van der Waals surface area contributed by atoms with Crippen LogP contribution in [0.25, 0.3) is 11.3 Å². The van der Waals surface area contributed by atoms with Gasteiger partial charge in [-0.15, -0.1) is 0 Å². The summed E-state index contributed by atoms with van der Waals surface area (Å²) in [4.78, 5) is 23.7. The molecule has 0 aliphatic heterocycles. The number of nitrogens with two attached hydrogens (primary N) is 1. The number of pyridine rings is 1. The number of amides is 1. The molecule has 2 aromatic heterocycles. The second kappa shape index (κ2) is 6.15. The van der Waals surface area contributed by atoms with E-state index in [9.17, 15) is 9.00 Å². The van der Waals surface area contributed by atoms with E-state index in [2.05, 4.69) is 15.0 Å². The van der Waals surface area contributed by atoms with E-state index in [0.717, 1.165) is 0 Å². The van der Waals surface area contributed by atoms with E-state index in [1.165, 1.54) is 25.8 Å². The second-order valence-corrected chi connectivity index (χ2v) is 5.59. The minimum absolute atomic E-state index is 0.00627. The SMILES string of the molecule is COc1nc(S(C)=O)nc(-c2cnccc2Cl)c1C(N)=O. The van der Waals surface area contributed by atoms with Gasteiger partial charge in [-0.3, -0.25) is 14.0 Å². The number of methoxy groups -OCH3 is 1. The lowest BCUT2D eigenvalue weighted by atomic mass is 10.1. The Labute approximate surface area is 128 Å². The number of hydrogen-bond acceptors (Lipinski definition) is 6. The van der Waals surface area contributed by atoms with E-state index in [4.69, 9.17) is 22.1 Å². The van der Waals surface area contributed by atoms with Gasteiger partial charge in [-0.05, 0) is 6.07 Å². The fraction of sp³-hybridized carbons (Fsp3) is 0.167. The molecular formula is C12H11ClN4O3S. The first kappa shape index (κ1) is 15.3. The zero-order valence-electron chi connectivity index (χ0n) is 11.2. The van der Waals surface area contributed by atoms with Crippen molar-refractivity contribution >= 4 is 28.3 Å². The number of primary amides is 1. The first-order valence-electron chi connectivity index (χ1n) is 5.64. The molecule has 0 radical (unpaired) electrons. The zero-order chi connectivity index (χ0) is 15.6. The molecule has 1 amide bonds. The highest BCUT2D eigenvalue weighted by atomic mass is 35.5.